The van der Waals surface area contributed by atoms with Gasteiger partial charge in [-0.25, -0.2) is 10.2 Å². The topological polar surface area (TPSA) is 160 Å². The SMILES string of the molecule is CC1CCC(NCc2ccc(-c3noc(/C(N)=C(\c4ccncc4)N(N)c4ccccc4F)n3)cc2)CC1.OCO. The van der Waals surface area contributed by atoms with Crippen molar-refractivity contribution in [1.29, 1.82) is 0 Å². The summed E-state index contributed by atoms with van der Waals surface area (Å²) < 4.78 is 20.1. The third-order valence-corrected chi connectivity index (χ3v) is 7.04. The number of nitrogens with one attached hydrogen (secondary N) is 1. The van der Waals surface area contributed by atoms with Crippen molar-refractivity contribution in [3.63, 3.8) is 0 Å². The Kier molecular flexibility index (Phi) is 10.5. The van der Waals surface area contributed by atoms with Gasteiger partial charge in [0.2, 0.25) is 5.82 Å². The van der Waals surface area contributed by atoms with E-state index in [-0.39, 0.29) is 17.3 Å². The summed E-state index contributed by atoms with van der Waals surface area (Å²) in [7, 11) is 0. The van der Waals surface area contributed by atoms with Crippen LogP contribution in [0.3, 0.4) is 0 Å². The van der Waals surface area contributed by atoms with Gasteiger partial charge in [0.05, 0.1) is 11.4 Å². The van der Waals surface area contributed by atoms with Crippen LogP contribution in [0.2, 0.25) is 0 Å². The maximum Gasteiger partial charge on any atom is 0.276 e. The van der Waals surface area contributed by atoms with Gasteiger partial charge in [-0.3, -0.25) is 9.99 Å². The summed E-state index contributed by atoms with van der Waals surface area (Å²) in [5.41, 5.74) is 9.69. The Bertz CT molecular complexity index is 1410. The monoisotopic (exact) mass is 561 g/mol. The van der Waals surface area contributed by atoms with Crippen LogP contribution in [0.15, 0.2) is 77.6 Å². The summed E-state index contributed by atoms with van der Waals surface area (Å²) in [5, 5.41) is 23.2. The number of nitrogens with zero attached hydrogens (tertiary/aromatic N) is 4. The molecule has 4 aromatic rings. The van der Waals surface area contributed by atoms with Crippen molar-refractivity contribution in [2.45, 2.75) is 45.2 Å². The maximum atomic E-state index is 14.6. The molecule has 2 heterocycles. The first kappa shape index (κ1) is 29.8. The fourth-order valence-electron chi connectivity index (χ4n) is 4.75. The van der Waals surface area contributed by atoms with E-state index < -0.39 is 12.6 Å². The maximum absolute atomic E-state index is 14.6. The van der Waals surface area contributed by atoms with E-state index in [9.17, 15) is 4.39 Å². The molecule has 2 aromatic heterocycles. The smallest absolute Gasteiger partial charge is 0.276 e. The molecule has 5 rings (SSSR count). The molecule has 1 fully saturated rings. The Morgan fingerprint density at radius 2 is 1.68 bits per heavy atom. The van der Waals surface area contributed by atoms with E-state index >= 15 is 0 Å². The number of aromatic nitrogens is 3. The fraction of sp³-hybridized carbons (Fsp3) is 0.300. The molecule has 1 aliphatic carbocycles. The second kappa shape index (κ2) is 14.5. The van der Waals surface area contributed by atoms with Crippen LogP contribution in [0.4, 0.5) is 10.1 Å². The Morgan fingerprint density at radius 1 is 1.02 bits per heavy atom. The van der Waals surface area contributed by atoms with Crippen LogP contribution >= 0.6 is 0 Å². The van der Waals surface area contributed by atoms with Crippen LogP contribution < -0.4 is 21.9 Å². The van der Waals surface area contributed by atoms with Crippen LogP contribution in [-0.4, -0.2) is 38.2 Å². The summed E-state index contributed by atoms with van der Waals surface area (Å²) in [4.78, 5) is 8.56. The standard InChI is InChI=1S/C29H32FN7O.CH4O2/c1-19-6-12-23(13-7-19)34-18-20-8-10-22(11-9-20)28-35-29(38-36-28)26(31)27(21-14-16-33-17-15-21)37(32)25-5-3-2-4-24(25)30;2-1-3/h2-5,8-11,14-17,19,23,34H,6-7,12-13,18,31-32H2,1H3;2-3H,1H2/b27-26-;. The number of pyridine rings is 1. The summed E-state index contributed by atoms with van der Waals surface area (Å²) in [6.45, 7) is 2.40. The first-order valence-corrected chi connectivity index (χ1v) is 13.5. The number of anilines is 1. The van der Waals surface area contributed by atoms with Gasteiger partial charge in [0.25, 0.3) is 5.89 Å². The van der Waals surface area contributed by atoms with Crippen molar-refractivity contribution >= 4 is 17.1 Å². The summed E-state index contributed by atoms with van der Waals surface area (Å²) in [6, 6.07) is 18.3. The summed E-state index contributed by atoms with van der Waals surface area (Å²) >= 11 is 0. The molecule has 1 saturated carbocycles. The van der Waals surface area contributed by atoms with E-state index in [0.717, 1.165) is 18.0 Å². The van der Waals surface area contributed by atoms with Crippen LogP contribution in [-0.2, 0) is 6.54 Å². The van der Waals surface area contributed by atoms with E-state index in [4.69, 9.17) is 26.3 Å². The second-order valence-electron chi connectivity index (χ2n) is 9.92. The fourth-order valence-corrected chi connectivity index (χ4v) is 4.75. The zero-order chi connectivity index (χ0) is 29.2. The Hall–Kier alpha value is -4.16. The van der Waals surface area contributed by atoms with Crippen LogP contribution in [0.5, 0.6) is 0 Å². The van der Waals surface area contributed by atoms with Gasteiger partial charge in [-0.1, -0.05) is 48.5 Å². The van der Waals surface area contributed by atoms with Crippen LogP contribution in [0, 0.1) is 11.7 Å². The molecule has 0 spiro atoms. The summed E-state index contributed by atoms with van der Waals surface area (Å²) in [5.74, 6) is 7.19. The number of benzene rings is 2. The number of hydrogen-bond acceptors (Lipinski definition) is 10. The molecule has 0 saturated heterocycles. The van der Waals surface area contributed by atoms with Crippen LogP contribution in [0.25, 0.3) is 22.8 Å². The lowest BCUT2D eigenvalue weighted by Gasteiger charge is -2.27. The van der Waals surface area contributed by atoms with E-state index in [1.807, 2.05) is 12.1 Å². The first-order valence-electron chi connectivity index (χ1n) is 13.5. The number of hydrogen-bond donors (Lipinski definition) is 5. The third kappa shape index (κ3) is 7.74. The molecule has 11 heteroatoms. The van der Waals surface area contributed by atoms with Crippen LogP contribution in [0.1, 0.15) is 49.6 Å². The summed E-state index contributed by atoms with van der Waals surface area (Å²) in [6.07, 6.45) is 8.25. The molecule has 216 valence electrons. The lowest BCUT2D eigenvalue weighted by Crippen LogP contribution is -2.32. The highest BCUT2D eigenvalue weighted by molar-refractivity contribution is 5.93. The molecule has 0 radical (unpaired) electrons. The Morgan fingerprint density at radius 3 is 2.34 bits per heavy atom. The third-order valence-electron chi connectivity index (χ3n) is 7.04. The zero-order valence-electron chi connectivity index (χ0n) is 22.9. The lowest BCUT2D eigenvalue weighted by atomic mass is 9.87. The Labute approximate surface area is 238 Å². The minimum absolute atomic E-state index is 0.0795. The largest absolute Gasteiger partial charge is 0.392 e. The highest BCUT2D eigenvalue weighted by Crippen LogP contribution is 2.30. The molecule has 10 nitrogen and oxygen atoms in total. The number of para-hydroxylation sites is 1. The number of hydrazine groups is 1. The highest BCUT2D eigenvalue weighted by atomic mass is 19.1. The second-order valence-corrected chi connectivity index (χ2v) is 9.92. The molecular weight excluding hydrogens is 525 g/mol. The average Bonchev–Trinajstić information content (AvgIpc) is 3.49. The molecular formula is C30H36FN7O3. The van der Waals surface area contributed by atoms with Gasteiger partial charge in [-0.2, -0.15) is 4.98 Å². The Balaban J connectivity index is 0.00000124. The highest BCUT2D eigenvalue weighted by Gasteiger charge is 2.22. The number of aliphatic hydroxyl groups excluding tert-OH is 1. The van der Waals surface area contributed by atoms with Gasteiger partial charge in [0.1, 0.15) is 18.3 Å². The normalized spacial score (nSPS) is 17.3. The van der Waals surface area contributed by atoms with Crippen molar-refractivity contribution in [2.75, 3.05) is 11.8 Å². The van der Waals surface area contributed by atoms with Crippen molar-refractivity contribution in [1.82, 2.24) is 20.4 Å². The van der Waals surface area contributed by atoms with E-state index in [1.54, 1.807) is 42.7 Å². The van der Waals surface area contributed by atoms with Crippen molar-refractivity contribution in [2.24, 2.45) is 17.5 Å². The average molecular weight is 562 g/mol. The minimum Gasteiger partial charge on any atom is -0.392 e. The van der Waals surface area contributed by atoms with Gasteiger partial charge < -0.3 is 25.8 Å². The van der Waals surface area contributed by atoms with E-state index in [0.29, 0.717) is 23.1 Å². The lowest BCUT2D eigenvalue weighted by molar-refractivity contribution is 0.0773. The van der Waals surface area contributed by atoms with Gasteiger partial charge >= 0.3 is 0 Å². The number of halogens is 1. The molecule has 7 N–H and O–H groups in total. The number of rotatable bonds is 8. The predicted octanol–water partition coefficient (Wildman–Crippen LogP) is 4.03. The quantitative estimate of drug-likeness (QED) is 0.121. The molecule has 0 aliphatic heterocycles. The predicted molar refractivity (Wildman–Crippen MR) is 156 cm³/mol. The molecule has 0 amide bonds. The molecule has 0 unspecified atom stereocenters. The number of aliphatic hydroxyl groups is 2. The molecule has 1 aliphatic rings. The van der Waals surface area contributed by atoms with Crippen molar-refractivity contribution in [3.05, 3.63) is 95.9 Å². The molecule has 0 atom stereocenters. The minimum atomic E-state index is -0.750. The van der Waals surface area contributed by atoms with Gasteiger partial charge in [-0.05, 0) is 61.4 Å². The van der Waals surface area contributed by atoms with Gasteiger partial charge in [0, 0.05) is 36.1 Å². The van der Waals surface area contributed by atoms with E-state index in [1.165, 1.54) is 42.3 Å². The molecule has 2 aromatic carbocycles. The van der Waals surface area contributed by atoms with E-state index in [2.05, 4.69) is 39.5 Å². The molecule has 41 heavy (non-hydrogen) atoms. The molecule has 0 bridgehead atoms. The van der Waals surface area contributed by atoms with Crippen molar-refractivity contribution < 1.29 is 19.1 Å². The van der Waals surface area contributed by atoms with Crippen molar-refractivity contribution in [3.8, 4) is 11.4 Å². The first-order chi connectivity index (χ1) is 19.9. The van der Waals surface area contributed by atoms with Gasteiger partial charge in [0.15, 0.2) is 0 Å². The zero-order valence-corrected chi connectivity index (χ0v) is 22.9. The number of nitrogens with two attached hydrogens (primary N) is 2. The van der Waals surface area contributed by atoms with Gasteiger partial charge in [-0.15, -0.1) is 0 Å².